The summed E-state index contributed by atoms with van der Waals surface area (Å²) in [5.74, 6) is 1.58. The van der Waals surface area contributed by atoms with Gasteiger partial charge < -0.3 is 14.4 Å². The first-order chi connectivity index (χ1) is 14.5. The number of aryl methyl sites for hydroxylation is 1. The minimum atomic E-state index is -4.49. The van der Waals surface area contributed by atoms with Gasteiger partial charge in [0.05, 0.1) is 11.2 Å². The third kappa shape index (κ3) is 5.17. The number of hydrogen-bond acceptors (Lipinski definition) is 7. The molecule has 0 bridgehead atoms. The molecular formula is C21H27F3N4O3. The van der Waals surface area contributed by atoms with Crippen LogP contribution in [-0.2, 0) is 5.54 Å². The van der Waals surface area contributed by atoms with E-state index in [1.165, 1.54) is 12.3 Å². The molecule has 10 heteroatoms. The molecule has 3 atom stereocenters. The molecular weight excluding hydrogens is 413 g/mol. The van der Waals surface area contributed by atoms with Gasteiger partial charge in [-0.15, -0.1) is 0 Å². The minimum absolute atomic E-state index is 0.109. The maximum atomic E-state index is 13.1. The van der Waals surface area contributed by atoms with Gasteiger partial charge in [0.15, 0.2) is 11.9 Å². The molecule has 0 radical (unpaired) electrons. The topological polar surface area (TPSA) is 93.3 Å². The van der Waals surface area contributed by atoms with Crippen molar-refractivity contribution in [1.82, 2.24) is 20.4 Å². The lowest BCUT2D eigenvalue weighted by atomic mass is 9.93. The predicted octanol–water partition coefficient (Wildman–Crippen LogP) is 4.28. The van der Waals surface area contributed by atoms with Crippen LogP contribution in [0.15, 0.2) is 16.8 Å². The zero-order valence-electron chi connectivity index (χ0n) is 17.7. The van der Waals surface area contributed by atoms with Crippen LogP contribution in [0.2, 0.25) is 0 Å². The van der Waals surface area contributed by atoms with Crippen LogP contribution in [0.5, 0.6) is 5.75 Å². The van der Waals surface area contributed by atoms with Crippen molar-refractivity contribution in [3.05, 3.63) is 35.2 Å². The van der Waals surface area contributed by atoms with Crippen LogP contribution in [0, 0.1) is 12.8 Å². The van der Waals surface area contributed by atoms with E-state index in [2.05, 4.69) is 20.4 Å². The molecule has 2 aliphatic rings. The smallest absolute Gasteiger partial charge is 0.425 e. The monoisotopic (exact) mass is 440 g/mol. The molecule has 4 rings (SSSR count). The Morgan fingerprint density at radius 2 is 2.00 bits per heavy atom. The number of ether oxygens (including phenoxy) is 1. The molecule has 0 aliphatic heterocycles. The van der Waals surface area contributed by atoms with Crippen molar-refractivity contribution in [1.29, 1.82) is 0 Å². The SMILES string of the molecule is Cc1nc(C(C)(CC2CC2)NC(O)c2cc(OC(C)C(F)(F)F)c(C3CC3)cn2)no1. The van der Waals surface area contributed by atoms with Crippen molar-refractivity contribution in [3.8, 4) is 5.75 Å². The lowest BCUT2D eigenvalue weighted by Crippen LogP contribution is -2.43. The molecule has 2 heterocycles. The Kier molecular flexibility index (Phi) is 5.72. The fourth-order valence-corrected chi connectivity index (χ4v) is 3.69. The maximum absolute atomic E-state index is 13.1. The standard InChI is InChI=1S/C21H27F3N4O3/c1-11(21(22,23)24)30-17-8-16(25-10-15(17)14-6-7-14)18(29)27-20(3,9-13-4-5-13)19-26-12(2)31-28-19/h8,10-11,13-14,18,27,29H,4-7,9H2,1-3H3. The van der Waals surface area contributed by atoms with E-state index in [0.717, 1.165) is 32.6 Å². The van der Waals surface area contributed by atoms with Gasteiger partial charge in [0.25, 0.3) is 0 Å². The van der Waals surface area contributed by atoms with Crippen LogP contribution in [0.25, 0.3) is 0 Å². The zero-order valence-corrected chi connectivity index (χ0v) is 17.7. The van der Waals surface area contributed by atoms with Crippen LogP contribution >= 0.6 is 0 Å². The number of hydrogen-bond donors (Lipinski definition) is 2. The van der Waals surface area contributed by atoms with Crippen LogP contribution in [0.4, 0.5) is 13.2 Å². The first-order valence-corrected chi connectivity index (χ1v) is 10.5. The number of aliphatic hydroxyl groups excluding tert-OH is 1. The second kappa shape index (κ2) is 8.05. The van der Waals surface area contributed by atoms with Gasteiger partial charge in [-0.25, -0.2) is 0 Å². The van der Waals surface area contributed by atoms with Gasteiger partial charge in [-0.3, -0.25) is 10.3 Å². The molecule has 0 saturated heterocycles. The van der Waals surface area contributed by atoms with Gasteiger partial charge in [0, 0.05) is 24.8 Å². The summed E-state index contributed by atoms with van der Waals surface area (Å²) in [6.45, 7) is 4.53. The summed E-state index contributed by atoms with van der Waals surface area (Å²) in [5, 5.41) is 18.0. The highest BCUT2D eigenvalue weighted by Gasteiger charge is 2.41. The summed E-state index contributed by atoms with van der Waals surface area (Å²) in [7, 11) is 0. The first-order valence-electron chi connectivity index (χ1n) is 10.5. The molecule has 2 aromatic heterocycles. The number of pyridine rings is 1. The number of halogens is 3. The summed E-state index contributed by atoms with van der Waals surface area (Å²) in [4.78, 5) is 8.63. The number of nitrogens with one attached hydrogen (secondary N) is 1. The Morgan fingerprint density at radius 3 is 2.55 bits per heavy atom. The van der Waals surface area contributed by atoms with E-state index in [1.54, 1.807) is 6.92 Å². The van der Waals surface area contributed by atoms with Gasteiger partial charge in [-0.1, -0.05) is 18.0 Å². The highest BCUT2D eigenvalue weighted by molar-refractivity contribution is 5.39. The van der Waals surface area contributed by atoms with Gasteiger partial charge in [0.1, 0.15) is 12.0 Å². The van der Waals surface area contributed by atoms with Crippen molar-refractivity contribution in [2.75, 3.05) is 0 Å². The molecule has 2 N–H and O–H groups in total. The van der Waals surface area contributed by atoms with E-state index in [1.807, 2.05) is 6.92 Å². The fraction of sp³-hybridized carbons (Fsp3) is 0.667. The average Bonchev–Trinajstić information content (AvgIpc) is 3.61. The third-order valence-corrected chi connectivity index (χ3v) is 5.85. The van der Waals surface area contributed by atoms with E-state index in [0.29, 0.717) is 29.6 Å². The minimum Gasteiger partial charge on any atom is -0.481 e. The second-order valence-electron chi connectivity index (χ2n) is 8.89. The van der Waals surface area contributed by atoms with E-state index in [4.69, 9.17) is 9.26 Å². The van der Waals surface area contributed by atoms with Crippen molar-refractivity contribution >= 4 is 0 Å². The van der Waals surface area contributed by atoms with Crippen molar-refractivity contribution < 1.29 is 27.5 Å². The molecule has 2 saturated carbocycles. The summed E-state index contributed by atoms with van der Waals surface area (Å²) in [5.41, 5.74) is 0.0349. The highest BCUT2D eigenvalue weighted by atomic mass is 19.4. The van der Waals surface area contributed by atoms with Crippen molar-refractivity contribution in [3.63, 3.8) is 0 Å². The predicted molar refractivity (Wildman–Crippen MR) is 104 cm³/mol. The maximum Gasteiger partial charge on any atom is 0.425 e. The number of nitrogens with zero attached hydrogens (tertiary/aromatic N) is 3. The van der Waals surface area contributed by atoms with E-state index in [9.17, 15) is 18.3 Å². The lowest BCUT2D eigenvalue weighted by Gasteiger charge is -2.30. The molecule has 170 valence electrons. The summed E-state index contributed by atoms with van der Waals surface area (Å²) >= 11 is 0. The normalized spacial score (nSPS) is 20.9. The number of aliphatic hydroxyl groups is 1. The Labute approximate surface area is 178 Å². The van der Waals surface area contributed by atoms with Crippen LogP contribution in [-0.4, -0.2) is 32.5 Å². The Balaban J connectivity index is 1.58. The lowest BCUT2D eigenvalue weighted by molar-refractivity contribution is -0.189. The van der Waals surface area contributed by atoms with Gasteiger partial charge in [0.2, 0.25) is 5.89 Å². The second-order valence-corrected chi connectivity index (χ2v) is 8.89. The van der Waals surface area contributed by atoms with Gasteiger partial charge in [-0.2, -0.15) is 18.2 Å². The number of alkyl halides is 3. The largest absolute Gasteiger partial charge is 0.481 e. The van der Waals surface area contributed by atoms with Crippen molar-refractivity contribution in [2.24, 2.45) is 5.92 Å². The van der Waals surface area contributed by atoms with Gasteiger partial charge >= 0.3 is 6.18 Å². The Morgan fingerprint density at radius 1 is 1.29 bits per heavy atom. The molecule has 2 aliphatic carbocycles. The zero-order chi connectivity index (χ0) is 22.4. The number of rotatable bonds is 9. The van der Waals surface area contributed by atoms with Crippen LogP contribution < -0.4 is 10.1 Å². The average molecular weight is 440 g/mol. The third-order valence-electron chi connectivity index (χ3n) is 5.85. The van der Waals surface area contributed by atoms with E-state index < -0.39 is 24.0 Å². The molecule has 0 aromatic carbocycles. The van der Waals surface area contributed by atoms with E-state index in [-0.39, 0.29) is 17.4 Å². The summed E-state index contributed by atoms with van der Waals surface area (Å²) in [6.07, 6.45) is -1.56. The highest BCUT2D eigenvalue weighted by Crippen LogP contribution is 2.45. The van der Waals surface area contributed by atoms with Gasteiger partial charge in [-0.05, 0) is 44.9 Å². The van der Waals surface area contributed by atoms with Crippen LogP contribution in [0.3, 0.4) is 0 Å². The van der Waals surface area contributed by atoms with Crippen LogP contribution in [0.1, 0.15) is 81.1 Å². The Bertz CT molecular complexity index is 927. The number of aromatic nitrogens is 3. The molecule has 31 heavy (non-hydrogen) atoms. The molecule has 0 amide bonds. The molecule has 7 nitrogen and oxygen atoms in total. The summed E-state index contributed by atoms with van der Waals surface area (Å²) < 4.78 is 49.5. The summed E-state index contributed by atoms with van der Waals surface area (Å²) in [6, 6.07) is 1.40. The molecule has 3 unspecified atom stereocenters. The Hall–Kier alpha value is -2.20. The molecule has 2 fully saturated rings. The first kappa shape index (κ1) is 22.0. The molecule has 2 aromatic rings. The van der Waals surface area contributed by atoms with Crippen molar-refractivity contribution in [2.45, 2.75) is 82.8 Å². The van der Waals surface area contributed by atoms with E-state index >= 15 is 0 Å². The molecule has 0 spiro atoms. The quantitative estimate of drug-likeness (QED) is 0.562. The fourth-order valence-electron chi connectivity index (χ4n) is 3.69.